The minimum Gasteiger partial charge on any atom is -0.383 e. The Morgan fingerprint density at radius 1 is 1.09 bits per heavy atom. The smallest absolute Gasteiger partial charge is 0.320 e. The van der Waals surface area contributed by atoms with E-state index in [4.69, 9.17) is 4.74 Å². The lowest BCUT2D eigenvalue weighted by Gasteiger charge is -2.21. The van der Waals surface area contributed by atoms with Gasteiger partial charge in [0.1, 0.15) is 5.82 Å². The molecule has 0 radical (unpaired) electrons. The van der Waals surface area contributed by atoms with Gasteiger partial charge in [0.05, 0.1) is 35.5 Å². The van der Waals surface area contributed by atoms with E-state index in [1.807, 2.05) is 48.5 Å². The molecule has 0 bridgehead atoms. The summed E-state index contributed by atoms with van der Waals surface area (Å²) in [5.41, 5.74) is 3.70. The van der Waals surface area contributed by atoms with Gasteiger partial charge >= 0.3 is 6.03 Å². The average Bonchev–Trinajstić information content (AvgIpc) is 3.52. The fourth-order valence-electron chi connectivity index (χ4n) is 4.80. The molecule has 1 saturated heterocycles. The third-order valence-electron chi connectivity index (χ3n) is 6.45. The second-order valence-corrected chi connectivity index (χ2v) is 10.2. The van der Waals surface area contributed by atoms with Gasteiger partial charge < -0.3 is 10.1 Å². The van der Waals surface area contributed by atoms with E-state index in [1.165, 1.54) is 5.56 Å². The Kier molecular flexibility index (Phi) is 6.75. The lowest BCUT2D eigenvalue weighted by Crippen LogP contribution is -2.42. The van der Waals surface area contributed by atoms with E-state index in [2.05, 4.69) is 32.8 Å². The molecule has 3 heterocycles. The highest BCUT2D eigenvalue weighted by Crippen LogP contribution is 2.32. The molecule has 8 nitrogen and oxygen atoms in total. The standard InChI is InChI=1S/C25H29N5O3S/c1-33-13-12-29-14-20(18-8-4-2-5-9-18)22(15-29)26-25(31)27-24-21-16-34(32)17-23(21)28-30(24)19-10-6-3-7-11-19/h2-11,20,22H,12-17H2,1H3,(H2,26,27,31). The lowest BCUT2D eigenvalue weighted by molar-refractivity contribution is 0.159. The van der Waals surface area contributed by atoms with Crippen LogP contribution in [0.1, 0.15) is 22.7 Å². The van der Waals surface area contributed by atoms with E-state index >= 15 is 0 Å². The summed E-state index contributed by atoms with van der Waals surface area (Å²) in [6.45, 7) is 3.07. The number of amides is 2. The van der Waals surface area contributed by atoms with Crippen molar-refractivity contribution < 1.29 is 13.7 Å². The molecule has 3 unspecified atom stereocenters. The van der Waals surface area contributed by atoms with Crippen LogP contribution in [0.15, 0.2) is 60.7 Å². The Morgan fingerprint density at radius 3 is 2.56 bits per heavy atom. The van der Waals surface area contributed by atoms with Gasteiger partial charge in [-0.1, -0.05) is 48.5 Å². The van der Waals surface area contributed by atoms with Crippen molar-refractivity contribution in [3.05, 3.63) is 77.5 Å². The Hall–Kier alpha value is -3.01. The lowest BCUT2D eigenvalue weighted by atomic mass is 9.94. The van der Waals surface area contributed by atoms with Crippen molar-refractivity contribution in [2.75, 3.05) is 38.7 Å². The number of nitrogens with one attached hydrogen (secondary N) is 2. The number of aromatic nitrogens is 2. The van der Waals surface area contributed by atoms with Gasteiger partial charge in [-0.15, -0.1) is 0 Å². The summed E-state index contributed by atoms with van der Waals surface area (Å²) in [6.07, 6.45) is 0. The molecule has 3 atom stereocenters. The number of benzene rings is 2. The number of fused-ring (bicyclic) bond motifs is 1. The van der Waals surface area contributed by atoms with Crippen molar-refractivity contribution in [1.29, 1.82) is 0 Å². The molecule has 0 spiro atoms. The second-order valence-electron chi connectivity index (χ2n) is 8.72. The van der Waals surface area contributed by atoms with Gasteiger partial charge in [0, 0.05) is 49.0 Å². The van der Waals surface area contributed by atoms with Gasteiger partial charge in [-0.2, -0.15) is 5.10 Å². The molecule has 1 aromatic heterocycles. The molecule has 1 fully saturated rings. The Bertz CT molecular complexity index is 1170. The van der Waals surface area contributed by atoms with Crippen LogP contribution in [0.25, 0.3) is 5.69 Å². The summed E-state index contributed by atoms with van der Waals surface area (Å²) in [6, 6.07) is 19.7. The normalized spacial score (nSPS) is 22.0. The number of nitrogens with zero attached hydrogens (tertiary/aromatic N) is 3. The summed E-state index contributed by atoms with van der Waals surface area (Å²) in [7, 11) is 0.717. The van der Waals surface area contributed by atoms with Crippen LogP contribution in [0.3, 0.4) is 0 Å². The van der Waals surface area contributed by atoms with Crippen LogP contribution in [-0.4, -0.2) is 64.3 Å². The summed E-state index contributed by atoms with van der Waals surface area (Å²) in [4.78, 5) is 15.6. The van der Waals surface area contributed by atoms with E-state index in [0.29, 0.717) is 23.9 Å². The van der Waals surface area contributed by atoms with Gasteiger partial charge in [-0.25, -0.2) is 9.48 Å². The zero-order chi connectivity index (χ0) is 23.5. The van der Waals surface area contributed by atoms with E-state index < -0.39 is 10.8 Å². The summed E-state index contributed by atoms with van der Waals surface area (Å²) >= 11 is 0. The number of likely N-dealkylation sites (tertiary alicyclic amines) is 1. The average molecular weight is 480 g/mol. The third-order valence-corrected chi connectivity index (χ3v) is 7.66. The highest BCUT2D eigenvalue weighted by molar-refractivity contribution is 7.83. The predicted octanol–water partition coefficient (Wildman–Crippen LogP) is 2.87. The number of carbonyl (C=O) groups is 1. The quantitative estimate of drug-likeness (QED) is 0.544. The number of anilines is 1. The molecule has 2 aliphatic rings. The molecule has 34 heavy (non-hydrogen) atoms. The number of rotatable bonds is 7. The molecule has 0 aliphatic carbocycles. The minimum atomic E-state index is -0.987. The molecule has 9 heteroatoms. The molecule has 5 rings (SSSR count). The minimum absolute atomic E-state index is 0.0467. The monoisotopic (exact) mass is 479 g/mol. The van der Waals surface area contributed by atoms with E-state index in [9.17, 15) is 9.00 Å². The first-order chi connectivity index (χ1) is 16.6. The highest BCUT2D eigenvalue weighted by Gasteiger charge is 2.35. The zero-order valence-electron chi connectivity index (χ0n) is 19.1. The maximum Gasteiger partial charge on any atom is 0.320 e. The molecular formula is C25H29N5O3S. The zero-order valence-corrected chi connectivity index (χ0v) is 20.0. The van der Waals surface area contributed by atoms with Crippen LogP contribution in [-0.2, 0) is 27.0 Å². The molecular weight excluding hydrogens is 450 g/mol. The topological polar surface area (TPSA) is 88.5 Å². The van der Waals surface area contributed by atoms with Crippen molar-refractivity contribution in [3.63, 3.8) is 0 Å². The van der Waals surface area contributed by atoms with Gasteiger partial charge in [0.25, 0.3) is 0 Å². The number of hydrogen-bond acceptors (Lipinski definition) is 5. The first kappa shape index (κ1) is 22.8. The van der Waals surface area contributed by atoms with Gasteiger partial charge in [0.15, 0.2) is 0 Å². The van der Waals surface area contributed by atoms with Crippen molar-refractivity contribution in [1.82, 2.24) is 20.0 Å². The van der Waals surface area contributed by atoms with Gasteiger partial charge in [-0.05, 0) is 17.7 Å². The molecule has 2 amide bonds. The van der Waals surface area contributed by atoms with Crippen molar-refractivity contribution in [3.8, 4) is 5.69 Å². The largest absolute Gasteiger partial charge is 0.383 e. The fraction of sp³-hybridized carbons (Fsp3) is 0.360. The van der Waals surface area contributed by atoms with E-state index in [1.54, 1.807) is 11.8 Å². The van der Waals surface area contributed by atoms with E-state index in [0.717, 1.165) is 36.6 Å². The van der Waals surface area contributed by atoms with Gasteiger partial charge in [0.2, 0.25) is 0 Å². The number of hydrogen-bond donors (Lipinski definition) is 2. The fourth-order valence-corrected chi connectivity index (χ4v) is 6.06. The third kappa shape index (κ3) is 4.77. The summed E-state index contributed by atoms with van der Waals surface area (Å²) < 4.78 is 19.2. The van der Waals surface area contributed by atoms with Crippen molar-refractivity contribution in [2.24, 2.45) is 0 Å². The van der Waals surface area contributed by atoms with Crippen molar-refractivity contribution in [2.45, 2.75) is 23.5 Å². The first-order valence-corrected chi connectivity index (χ1v) is 13.0. The molecule has 3 aromatic rings. The maximum atomic E-state index is 13.2. The summed E-state index contributed by atoms with van der Waals surface area (Å²) in [5, 5.41) is 10.9. The number of methoxy groups -OCH3 is 1. The molecule has 2 aromatic carbocycles. The summed E-state index contributed by atoms with van der Waals surface area (Å²) in [5.74, 6) is 1.59. The molecule has 2 N–H and O–H groups in total. The Morgan fingerprint density at radius 2 is 1.82 bits per heavy atom. The van der Waals surface area contributed by atoms with Crippen LogP contribution in [0.5, 0.6) is 0 Å². The molecule has 0 saturated carbocycles. The second kappa shape index (κ2) is 10.1. The van der Waals surface area contributed by atoms with E-state index in [-0.39, 0.29) is 18.0 Å². The Labute approximate surface area is 201 Å². The van der Waals surface area contributed by atoms with Gasteiger partial charge in [-0.3, -0.25) is 14.4 Å². The van der Waals surface area contributed by atoms with Crippen LogP contribution >= 0.6 is 0 Å². The Balaban J connectivity index is 1.37. The predicted molar refractivity (Wildman–Crippen MR) is 133 cm³/mol. The highest BCUT2D eigenvalue weighted by atomic mass is 32.2. The SMILES string of the molecule is COCCN1CC(NC(=O)Nc2c3c(nn2-c2ccccc2)CS(=O)C3)C(c2ccccc2)C1. The van der Waals surface area contributed by atoms with Crippen LogP contribution < -0.4 is 10.6 Å². The van der Waals surface area contributed by atoms with Crippen LogP contribution in [0, 0.1) is 0 Å². The maximum absolute atomic E-state index is 13.2. The molecule has 2 aliphatic heterocycles. The van der Waals surface area contributed by atoms with Crippen LogP contribution in [0.4, 0.5) is 10.6 Å². The number of para-hydroxylation sites is 1. The number of carbonyl (C=O) groups excluding carboxylic acids is 1. The number of urea groups is 1. The van der Waals surface area contributed by atoms with Crippen LogP contribution in [0.2, 0.25) is 0 Å². The first-order valence-electron chi connectivity index (χ1n) is 11.5. The molecule has 178 valence electrons. The van der Waals surface area contributed by atoms with Crippen molar-refractivity contribution >= 4 is 22.6 Å². The number of ether oxygens (including phenoxy) is 1.